The van der Waals surface area contributed by atoms with Crippen molar-refractivity contribution >= 4 is 17.2 Å². The SMILES string of the molecule is O=c1c(NCCc2ccccc2)c(N2CCN(c3ccccn3)CC2)c1=O. The van der Waals surface area contributed by atoms with Gasteiger partial charge in [0.25, 0.3) is 10.9 Å². The number of nitrogens with zero attached hydrogens (tertiary/aromatic N) is 3. The summed E-state index contributed by atoms with van der Waals surface area (Å²) >= 11 is 0. The number of hydrogen-bond donors (Lipinski definition) is 1. The molecule has 6 nitrogen and oxygen atoms in total. The zero-order valence-corrected chi connectivity index (χ0v) is 15.1. The first-order chi connectivity index (χ1) is 13.2. The summed E-state index contributed by atoms with van der Waals surface area (Å²) in [6.45, 7) is 3.60. The number of rotatable bonds is 6. The van der Waals surface area contributed by atoms with E-state index in [1.807, 2.05) is 41.3 Å². The van der Waals surface area contributed by atoms with Crippen LogP contribution in [0.5, 0.6) is 0 Å². The van der Waals surface area contributed by atoms with Gasteiger partial charge in [0.05, 0.1) is 0 Å². The third-order valence-electron chi connectivity index (χ3n) is 5.01. The van der Waals surface area contributed by atoms with E-state index in [0.29, 0.717) is 31.0 Å². The molecule has 0 spiro atoms. The van der Waals surface area contributed by atoms with Crippen LogP contribution in [0.4, 0.5) is 17.2 Å². The third kappa shape index (κ3) is 3.56. The first-order valence-electron chi connectivity index (χ1n) is 9.26. The van der Waals surface area contributed by atoms with Crippen LogP contribution in [-0.4, -0.2) is 37.7 Å². The van der Waals surface area contributed by atoms with Crippen molar-refractivity contribution in [3.63, 3.8) is 0 Å². The Balaban J connectivity index is 1.38. The average molecular weight is 362 g/mol. The van der Waals surface area contributed by atoms with Gasteiger partial charge in [0.15, 0.2) is 0 Å². The molecule has 0 radical (unpaired) electrons. The Morgan fingerprint density at radius 2 is 1.56 bits per heavy atom. The summed E-state index contributed by atoms with van der Waals surface area (Å²) in [5.74, 6) is 0.948. The third-order valence-corrected chi connectivity index (χ3v) is 5.01. The summed E-state index contributed by atoms with van der Waals surface area (Å²) in [6.07, 6.45) is 2.60. The number of hydrogen-bond acceptors (Lipinski definition) is 6. The smallest absolute Gasteiger partial charge is 0.253 e. The molecule has 1 aliphatic heterocycles. The van der Waals surface area contributed by atoms with Gasteiger partial charge in [-0.15, -0.1) is 0 Å². The van der Waals surface area contributed by atoms with Crippen LogP contribution in [0.25, 0.3) is 0 Å². The fourth-order valence-corrected chi connectivity index (χ4v) is 3.52. The summed E-state index contributed by atoms with van der Waals surface area (Å²) in [4.78, 5) is 32.8. The van der Waals surface area contributed by atoms with Gasteiger partial charge >= 0.3 is 0 Å². The number of nitrogens with one attached hydrogen (secondary N) is 1. The number of anilines is 3. The fraction of sp³-hybridized carbons (Fsp3) is 0.286. The molecule has 2 heterocycles. The topological polar surface area (TPSA) is 65.5 Å². The summed E-state index contributed by atoms with van der Waals surface area (Å²) in [6, 6.07) is 16.0. The molecule has 0 atom stereocenters. The van der Waals surface area contributed by atoms with Crippen LogP contribution >= 0.6 is 0 Å². The molecule has 0 amide bonds. The quantitative estimate of drug-likeness (QED) is 0.673. The molecule has 1 saturated heterocycles. The molecule has 6 heteroatoms. The molecule has 1 aromatic heterocycles. The lowest BCUT2D eigenvalue weighted by Crippen LogP contribution is -2.51. The van der Waals surface area contributed by atoms with Gasteiger partial charge in [-0.3, -0.25) is 9.59 Å². The van der Waals surface area contributed by atoms with Crippen molar-refractivity contribution in [1.29, 1.82) is 0 Å². The minimum Gasteiger partial charge on any atom is -0.380 e. The molecule has 3 aromatic rings. The lowest BCUT2D eigenvalue weighted by Gasteiger charge is -2.37. The summed E-state index contributed by atoms with van der Waals surface area (Å²) in [5, 5.41) is 3.18. The molecule has 27 heavy (non-hydrogen) atoms. The zero-order valence-electron chi connectivity index (χ0n) is 15.1. The summed E-state index contributed by atoms with van der Waals surface area (Å²) < 4.78 is 0. The van der Waals surface area contributed by atoms with E-state index in [-0.39, 0.29) is 5.43 Å². The van der Waals surface area contributed by atoms with Crippen LogP contribution in [0.1, 0.15) is 5.56 Å². The predicted octanol–water partition coefficient (Wildman–Crippen LogP) is 1.66. The summed E-state index contributed by atoms with van der Waals surface area (Å²) in [7, 11) is 0. The van der Waals surface area contributed by atoms with Gasteiger partial charge in [0.2, 0.25) is 0 Å². The van der Waals surface area contributed by atoms with Gasteiger partial charge in [-0.05, 0) is 24.1 Å². The lowest BCUT2D eigenvalue weighted by atomic mass is 10.1. The lowest BCUT2D eigenvalue weighted by molar-refractivity contribution is 0.644. The van der Waals surface area contributed by atoms with Gasteiger partial charge in [-0.25, -0.2) is 4.98 Å². The second-order valence-electron chi connectivity index (χ2n) is 6.71. The molecule has 2 aromatic carbocycles. The van der Waals surface area contributed by atoms with Crippen LogP contribution in [-0.2, 0) is 6.42 Å². The largest absolute Gasteiger partial charge is 0.380 e. The molecule has 0 bridgehead atoms. The Hall–Kier alpha value is -3.15. The van der Waals surface area contributed by atoms with Crippen molar-refractivity contribution in [3.05, 3.63) is 80.7 Å². The highest BCUT2D eigenvalue weighted by molar-refractivity contribution is 5.75. The van der Waals surface area contributed by atoms with E-state index in [9.17, 15) is 9.59 Å². The molecular weight excluding hydrogens is 340 g/mol. The number of aromatic nitrogens is 1. The van der Waals surface area contributed by atoms with Gasteiger partial charge in [-0.1, -0.05) is 36.4 Å². The Morgan fingerprint density at radius 1 is 0.852 bits per heavy atom. The zero-order chi connectivity index (χ0) is 18.6. The minimum absolute atomic E-state index is 0.372. The van der Waals surface area contributed by atoms with E-state index in [2.05, 4.69) is 27.3 Å². The van der Waals surface area contributed by atoms with E-state index >= 15 is 0 Å². The van der Waals surface area contributed by atoms with Crippen molar-refractivity contribution in [2.45, 2.75) is 6.42 Å². The van der Waals surface area contributed by atoms with Gasteiger partial charge in [-0.2, -0.15) is 0 Å². The Kier molecular flexibility index (Phi) is 4.87. The molecule has 0 saturated carbocycles. The van der Waals surface area contributed by atoms with E-state index in [4.69, 9.17) is 0 Å². The molecule has 1 fully saturated rings. The van der Waals surface area contributed by atoms with E-state index in [1.165, 1.54) is 5.56 Å². The van der Waals surface area contributed by atoms with Crippen LogP contribution in [0.3, 0.4) is 0 Å². The highest BCUT2D eigenvalue weighted by Gasteiger charge is 2.28. The Morgan fingerprint density at radius 3 is 2.26 bits per heavy atom. The fourth-order valence-electron chi connectivity index (χ4n) is 3.52. The maximum atomic E-state index is 12.1. The van der Waals surface area contributed by atoms with E-state index < -0.39 is 5.43 Å². The maximum absolute atomic E-state index is 12.1. The van der Waals surface area contributed by atoms with E-state index in [0.717, 1.165) is 25.3 Å². The highest BCUT2D eigenvalue weighted by atomic mass is 16.2. The van der Waals surface area contributed by atoms with Gasteiger partial charge < -0.3 is 15.1 Å². The molecular formula is C21H22N4O2. The van der Waals surface area contributed by atoms with Crippen LogP contribution in [0.2, 0.25) is 0 Å². The monoisotopic (exact) mass is 362 g/mol. The van der Waals surface area contributed by atoms with Crippen molar-refractivity contribution in [1.82, 2.24) is 4.98 Å². The minimum atomic E-state index is -0.398. The van der Waals surface area contributed by atoms with Gasteiger partial charge in [0, 0.05) is 38.9 Å². The number of piperazine rings is 1. The summed E-state index contributed by atoms with van der Waals surface area (Å²) in [5.41, 5.74) is 1.46. The van der Waals surface area contributed by atoms with Crippen LogP contribution < -0.4 is 26.0 Å². The molecule has 138 valence electrons. The first-order valence-corrected chi connectivity index (χ1v) is 9.26. The van der Waals surface area contributed by atoms with Crippen molar-refractivity contribution in [3.8, 4) is 0 Å². The maximum Gasteiger partial charge on any atom is 0.253 e. The van der Waals surface area contributed by atoms with Gasteiger partial charge in [0.1, 0.15) is 17.2 Å². The Bertz CT molecular complexity index is 957. The highest BCUT2D eigenvalue weighted by Crippen LogP contribution is 2.23. The van der Waals surface area contributed by atoms with Crippen LogP contribution in [0.15, 0.2) is 64.3 Å². The Labute approximate surface area is 157 Å². The van der Waals surface area contributed by atoms with E-state index in [1.54, 1.807) is 6.20 Å². The number of pyridine rings is 1. The number of benzene rings is 1. The average Bonchev–Trinajstić information content (AvgIpc) is 2.74. The predicted molar refractivity (Wildman–Crippen MR) is 109 cm³/mol. The molecule has 0 unspecified atom stereocenters. The molecule has 1 aliphatic rings. The van der Waals surface area contributed by atoms with Crippen molar-refractivity contribution in [2.24, 2.45) is 0 Å². The first kappa shape index (κ1) is 17.3. The second-order valence-corrected chi connectivity index (χ2v) is 6.71. The van der Waals surface area contributed by atoms with Crippen molar-refractivity contribution in [2.75, 3.05) is 47.8 Å². The van der Waals surface area contributed by atoms with Crippen LogP contribution in [0, 0.1) is 0 Å². The second kappa shape index (κ2) is 7.61. The molecule has 4 rings (SSSR count). The molecule has 0 aliphatic carbocycles. The van der Waals surface area contributed by atoms with Crippen molar-refractivity contribution < 1.29 is 0 Å². The molecule has 1 N–H and O–H groups in total. The normalized spacial score (nSPS) is 14.5. The standard InChI is InChI=1S/C21H22N4O2/c26-20-18(23-11-9-16-6-2-1-3-7-16)19(21(20)27)25-14-12-24(13-15-25)17-8-4-5-10-22-17/h1-8,10,23H,9,11-15H2.